The molecule has 0 aromatic carbocycles. The van der Waals surface area contributed by atoms with E-state index in [4.69, 9.17) is 9.47 Å². The third kappa shape index (κ3) is 2.91. The lowest BCUT2D eigenvalue weighted by Crippen LogP contribution is -2.51. The van der Waals surface area contributed by atoms with Crippen LogP contribution in [0.4, 0.5) is 0 Å². The highest BCUT2D eigenvalue weighted by molar-refractivity contribution is 5.81. The summed E-state index contributed by atoms with van der Waals surface area (Å²) in [6.45, 7) is 5.19. The first kappa shape index (κ1) is 14.9. The molecule has 124 valence electrons. The SMILES string of the molecule is O=C([C@@H]1CC[C@@H]2[C@@H](CCN2CC2CCC2)O1)N1CCOCC1. The van der Waals surface area contributed by atoms with Crippen molar-refractivity contribution in [3.63, 3.8) is 0 Å². The molecule has 5 nitrogen and oxygen atoms in total. The summed E-state index contributed by atoms with van der Waals surface area (Å²) in [5.41, 5.74) is 0. The van der Waals surface area contributed by atoms with Gasteiger partial charge in [0.25, 0.3) is 5.91 Å². The molecular weight excluding hydrogens is 280 g/mol. The van der Waals surface area contributed by atoms with Gasteiger partial charge in [-0.2, -0.15) is 0 Å². The number of amides is 1. The van der Waals surface area contributed by atoms with Crippen LogP contribution in [0.25, 0.3) is 0 Å². The highest BCUT2D eigenvalue weighted by atomic mass is 16.5. The molecule has 0 unspecified atom stereocenters. The van der Waals surface area contributed by atoms with Gasteiger partial charge in [0.05, 0.1) is 19.3 Å². The van der Waals surface area contributed by atoms with Crippen LogP contribution in [0.15, 0.2) is 0 Å². The van der Waals surface area contributed by atoms with E-state index in [1.54, 1.807) is 0 Å². The predicted molar refractivity (Wildman–Crippen MR) is 82.6 cm³/mol. The van der Waals surface area contributed by atoms with Gasteiger partial charge in [-0.3, -0.25) is 9.69 Å². The maximum Gasteiger partial charge on any atom is 0.251 e. The first-order valence-electron chi connectivity index (χ1n) is 9.07. The van der Waals surface area contributed by atoms with E-state index in [0.717, 1.165) is 44.8 Å². The van der Waals surface area contributed by atoms with Crippen molar-refractivity contribution in [3.8, 4) is 0 Å². The number of carbonyl (C=O) groups excluding carboxylic acids is 1. The molecule has 5 heteroatoms. The molecule has 0 N–H and O–H groups in total. The minimum absolute atomic E-state index is 0.194. The molecule has 3 atom stereocenters. The number of ether oxygens (including phenoxy) is 2. The zero-order valence-electron chi connectivity index (χ0n) is 13.4. The Bertz CT molecular complexity index is 407. The Morgan fingerprint density at radius 2 is 1.82 bits per heavy atom. The van der Waals surface area contributed by atoms with Crippen LogP contribution in [0.5, 0.6) is 0 Å². The first-order chi connectivity index (χ1) is 10.8. The van der Waals surface area contributed by atoms with E-state index in [0.29, 0.717) is 19.3 Å². The third-order valence-electron chi connectivity index (χ3n) is 5.98. The van der Waals surface area contributed by atoms with Crippen LogP contribution in [0.2, 0.25) is 0 Å². The van der Waals surface area contributed by atoms with E-state index in [1.807, 2.05) is 4.90 Å². The summed E-state index contributed by atoms with van der Waals surface area (Å²) in [4.78, 5) is 17.2. The standard InChI is InChI=1S/C17H28N2O3/c20-17(18-8-10-21-11-9-18)16-5-4-14-15(22-16)6-7-19(14)12-13-2-1-3-13/h13-16H,1-12H2/t14-,15-,16+/m1/s1. The molecule has 0 aromatic heterocycles. The van der Waals surface area contributed by atoms with Gasteiger partial charge in [-0.05, 0) is 38.0 Å². The lowest BCUT2D eigenvalue weighted by Gasteiger charge is -2.39. The molecule has 1 saturated carbocycles. The second kappa shape index (κ2) is 6.46. The van der Waals surface area contributed by atoms with Crippen molar-refractivity contribution >= 4 is 5.91 Å². The zero-order valence-corrected chi connectivity index (χ0v) is 13.4. The van der Waals surface area contributed by atoms with Gasteiger partial charge >= 0.3 is 0 Å². The van der Waals surface area contributed by atoms with Crippen LogP contribution in [0.1, 0.15) is 38.5 Å². The van der Waals surface area contributed by atoms with E-state index < -0.39 is 0 Å². The molecule has 4 aliphatic rings. The van der Waals surface area contributed by atoms with Crippen molar-refractivity contribution in [3.05, 3.63) is 0 Å². The summed E-state index contributed by atoms with van der Waals surface area (Å²) in [5, 5.41) is 0. The van der Waals surface area contributed by atoms with E-state index in [1.165, 1.54) is 25.8 Å². The van der Waals surface area contributed by atoms with E-state index in [-0.39, 0.29) is 18.1 Å². The number of morpholine rings is 1. The van der Waals surface area contributed by atoms with Crippen molar-refractivity contribution in [2.24, 2.45) is 5.92 Å². The lowest BCUT2D eigenvalue weighted by molar-refractivity contribution is -0.158. The van der Waals surface area contributed by atoms with Gasteiger partial charge in [0.1, 0.15) is 6.10 Å². The number of carbonyl (C=O) groups is 1. The number of rotatable bonds is 3. The van der Waals surface area contributed by atoms with E-state index in [2.05, 4.69) is 4.90 Å². The molecule has 4 fully saturated rings. The summed E-state index contributed by atoms with van der Waals surface area (Å²) in [6.07, 6.45) is 7.42. The molecule has 3 aliphatic heterocycles. The Balaban J connectivity index is 1.31. The molecule has 22 heavy (non-hydrogen) atoms. The van der Waals surface area contributed by atoms with E-state index in [9.17, 15) is 4.79 Å². The predicted octanol–water partition coefficient (Wildman–Crippen LogP) is 1.27. The quantitative estimate of drug-likeness (QED) is 0.787. The Kier molecular flexibility index (Phi) is 4.38. The van der Waals surface area contributed by atoms with Gasteiger partial charge in [-0.15, -0.1) is 0 Å². The van der Waals surface area contributed by atoms with Gasteiger partial charge in [0.15, 0.2) is 0 Å². The van der Waals surface area contributed by atoms with Crippen LogP contribution in [-0.4, -0.2) is 73.3 Å². The molecule has 3 saturated heterocycles. The Morgan fingerprint density at radius 3 is 2.55 bits per heavy atom. The summed E-state index contributed by atoms with van der Waals surface area (Å²) in [7, 11) is 0. The normalized spacial score (nSPS) is 36.9. The summed E-state index contributed by atoms with van der Waals surface area (Å²) < 4.78 is 11.5. The summed E-state index contributed by atoms with van der Waals surface area (Å²) in [5.74, 6) is 1.12. The molecule has 0 bridgehead atoms. The van der Waals surface area contributed by atoms with Crippen molar-refractivity contribution in [1.82, 2.24) is 9.80 Å². The molecule has 3 heterocycles. The average Bonchev–Trinajstić information content (AvgIpc) is 2.93. The Morgan fingerprint density at radius 1 is 1.00 bits per heavy atom. The molecular formula is C17H28N2O3. The smallest absolute Gasteiger partial charge is 0.251 e. The number of fused-ring (bicyclic) bond motifs is 1. The fraction of sp³-hybridized carbons (Fsp3) is 0.941. The zero-order chi connectivity index (χ0) is 14.9. The highest BCUT2D eigenvalue weighted by Gasteiger charge is 2.43. The largest absolute Gasteiger partial charge is 0.378 e. The van der Waals surface area contributed by atoms with Gasteiger partial charge in [-0.1, -0.05) is 6.42 Å². The fourth-order valence-electron chi connectivity index (χ4n) is 4.42. The number of nitrogens with zero attached hydrogens (tertiary/aromatic N) is 2. The first-order valence-corrected chi connectivity index (χ1v) is 9.07. The Labute approximate surface area is 132 Å². The number of hydrogen-bond donors (Lipinski definition) is 0. The van der Waals surface area contributed by atoms with Crippen molar-refractivity contribution in [2.75, 3.05) is 39.4 Å². The second-order valence-electron chi connectivity index (χ2n) is 7.33. The molecule has 0 spiro atoms. The summed E-state index contributed by atoms with van der Waals surface area (Å²) in [6, 6.07) is 0.564. The van der Waals surface area contributed by atoms with Crippen LogP contribution >= 0.6 is 0 Å². The Hall–Kier alpha value is -0.650. The highest BCUT2D eigenvalue weighted by Crippen LogP contribution is 2.35. The van der Waals surface area contributed by atoms with Crippen molar-refractivity contribution < 1.29 is 14.3 Å². The van der Waals surface area contributed by atoms with Gasteiger partial charge in [-0.25, -0.2) is 0 Å². The molecule has 4 rings (SSSR count). The summed E-state index contributed by atoms with van der Waals surface area (Å²) >= 11 is 0. The molecule has 0 radical (unpaired) electrons. The van der Waals surface area contributed by atoms with E-state index >= 15 is 0 Å². The number of likely N-dealkylation sites (tertiary alicyclic amines) is 1. The van der Waals surface area contributed by atoms with Crippen LogP contribution in [0, 0.1) is 5.92 Å². The minimum Gasteiger partial charge on any atom is -0.378 e. The van der Waals surface area contributed by atoms with Crippen LogP contribution in [-0.2, 0) is 14.3 Å². The van der Waals surface area contributed by atoms with Gasteiger partial charge in [0.2, 0.25) is 0 Å². The van der Waals surface area contributed by atoms with Crippen molar-refractivity contribution in [2.45, 2.75) is 56.8 Å². The average molecular weight is 308 g/mol. The maximum atomic E-state index is 12.6. The number of hydrogen-bond acceptors (Lipinski definition) is 4. The lowest BCUT2D eigenvalue weighted by atomic mass is 9.84. The van der Waals surface area contributed by atoms with Crippen LogP contribution in [0.3, 0.4) is 0 Å². The molecule has 1 amide bonds. The maximum absolute atomic E-state index is 12.6. The van der Waals surface area contributed by atoms with Crippen molar-refractivity contribution in [1.29, 1.82) is 0 Å². The topological polar surface area (TPSA) is 42.0 Å². The van der Waals surface area contributed by atoms with Crippen LogP contribution < -0.4 is 0 Å². The third-order valence-corrected chi connectivity index (χ3v) is 5.98. The minimum atomic E-state index is -0.206. The molecule has 0 aromatic rings. The second-order valence-corrected chi connectivity index (χ2v) is 7.33. The van der Waals surface area contributed by atoms with Gasteiger partial charge in [0, 0.05) is 32.2 Å². The van der Waals surface area contributed by atoms with Gasteiger partial charge < -0.3 is 14.4 Å². The monoisotopic (exact) mass is 308 g/mol. The fourth-order valence-corrected chi connectivity index (χ4v) is 4.42. The molecule has 1 aliphatic carbocycles.